The van der Waals surface area contributed by atoms with Gasteiger partial charge in [0.2, 0.25) is 10.0 Å². The molecule has 0 saturated carbocycles. The highest BCUT2D eigenvalue weighted by Crippen LogP contribution is 2.29. The fourth-order valence-electron chi connectivity index (χ4n) is 1.61. The Morgan fingerprint density at radius 1 is 1.39 bits per heavy atom. The largest absolute Gasteiger partial charge is 0.398 e. The molecular weight excluding hydrogens is 248 g/mol. The molecule has 1 aromatic carbocycles. The number of hydrogen-bond acceptors (Lipinski definition) is 3. The predicted octanol–water partition coefficient (Wildman–Crippen LogP) is 1.48. The molecule has 0 radical (unpaired) electrons. The molecule has 0 heterocycles. The summed E-state index contributed by atoms with van der Waals surface area (Å²) in [6.07, 6.45) is 5.02. The van der Waals surface area contributed by atoms with E-state index in [0.717, 1.165) is 5.56 Å². The molecule has 1 aromatic rings. The van der Waals surface area contributed by atoms with Gasteiger partial charge in [0.1, 0.15) is 0 Å². The molecule has 0 bridgehead atoms. The maximum absolute atomic E-state index is 11.8. The lowest BCUT2D eigenvalue weighted by atomic mass is 9.86. The lowest BCUT2D eigenvalue weighted by molar-refractivity contribution is 0.582. The molecule has 1 rings (SSSR count). The first-order valence-corrected chi connectivity index (χ1v) is 7.00. The number of nitrogens with two attached hydrogens (primary N) is 1. The second-order valence-corrected chi connectivity index (χ2v) is 6.79. The number of terminal acetylenes is 1. The summed E-state index contributed by atoms with van der Waals surface area (Å²) in [5.41, 5.74) is 7.15. The van der Waals surface area contributed by atoms with Crippen LogP contribution in [0.15, 0.2) is 23.1 Å². The van der Waals surface area contributed by atoms with Gasteiger partial charge in [-0.25, -0.2) is 8.42 Å². The number of rotatable bonds is 3. The molecule has 98 valence electrons. The summed E-state index contributed by atoms with van der Waals surface area (Å²) < 4.78 is 26.0. The first-order chi connectivity index (χ1) is 8.18. The quantitative estimate of drug-likeness (QED) is 0.643. The van der Waals surface area contributed by atoms with Gasteiger partial charge in [-0.3, -0.25) is 0 Å². The number of sulfonamides is 1. The maximum atomic E-state index is 11.8. The van der Waals surface area contributed by atoms with Gasteiger partial charge in [-0.1, -0.05) is 32.8 Å². The lowest BCUT2D eigenvalue weighted by Crippen LogP contribution is -2.24. The van der Waals surface area contributed by atoms with Crippen molar-refractivity contribution >= 4 is 15.7 Å². The molecule has 0 aliphatic carbocycles. The average molecular weight is 266 g/mol. The van der Waals surface area contributed by atoms with Crippen LogP contribution in [0.1, 0.15) is 26.3 Å². The van der Waals surface area contributed by atoms with E-state index in [1.807, 2.05) is 20.8 Å². The average Bonchev–Trinajstić information content (AvgIpc) is 2.24. The van der Waals surface area contributed by atoms with Gasteiger partial charge in [0.15, 0.2) is 0 Å². The molecule has 0 fully saturated rings. The highest BCUT2D eigenvalue weighted by atomic mass is 32.2. The third-order valence-corrected chi connectivity index (χ3v) is 3.90. The Labute approximate surface area is 109 Å². The van der Waals surface area contributed by atoms with Crippen LogP contribution in [0.3, 0.4) is 0 Å². The molecule has 0 unspecified atom stereocenters. The molecule has 0 amide bonds. The highest BCUT2D eigenvalue weighted by molar-refractivity contribution is 7.89. The van der Waals surface area contributed by atoms with Crippen molar-refractivity contribution in [3.05, 3.63) is 23.8 Å². The van der Waals surface area contributed by atoms with Gasteiger partial charge in [0.25, 0.3) is 0 Å². The summed E-state index contributed by atoms with van der Waals surface area (Å²) in [6, 6.07) is 4.73. The summed E-state index contributed by atoms with van der Waals surface area (Å²) in [6.45, 7) is 6.01. The Hall–Kier alpha value is -1.51. The summed E-state index contributed by atoms with van der Waals surface area (Å²) in [5.74, 6) is 2.22. The lowest BCUT2D eigenvalue weighted by Gasteiger charge is -2.21. The van der Waals surface area contributed by atoms with Crippen LogP contribution in [0.5, 0.6) is 0 Å². The van der Waals surface area contributed by atoms with E-state index in [9.17, 15) is 8.42 Å². The van der Waals surface area contributed by atoms with Gasteiger partial charge < -0.3 is 5.73 Å². The first kappa shape index (κ1) is 14.6. The second-order valence-electron chi connectivity index (χ2n) is 5.03. The van der Waals surface area contributed by atoms with E-state index >= 15 is 0 Å². The fourth-order valence-corrected chi connectivity index (χ4v) is 2.58. The fraction of sp³-hybridized carbons (Fsp3) is 0.385. The number of nitrogen functional groups attached to an aromatic ring is 1. The smallest absolute Gasteiger partial charge is 0.241 e. The minimum atomic E-state index is -3.58. The number of hydrogen-bond donors (Lipinski definition) is 2. The normalized spacial score (nSPS) is 12.1. The summed E-state index contributed by atoms with van der Waals surface area (Å²) in [7, 11) is -3.58. The molecule has 4 nitrogen and oxygen atoms in total. The summed E-state index contributed by atoms with van der Waals surface area (Å²) in [4.78, 5) is 0.128. The summed E-state index contributed by atoms with van der Waals surface area (Å²) in [5, 5.41) is 0. The first-order valence-electron chi connectivity index (χ1n) is 5.51. The maximum Gasteiger partial charge on any atom is 0.241 e. The van der Waals surface area contributed by atoms with Crippen LogP contribution in [0.2, 0.25) is 0 Å². The topological polar surface area (TPSA) is 72.2 Å². The van der Waals surface area contributed by atoms with Gasteiger partial charge in [-0.05, 0) is 23.1 Å². The van der Waals surface area contributed by atoms with Crippen LogP contribution in [-0.2, 0) is 15.4 Å². The van der Waals surface area contributed by atoms with Crippen molar-refractivity contribution in [1.29, 1.82) is 0 Å². The van der Waals surface area contributed by atoms with Gasteiger partial charge in [0, 0.05) is 5.69 Å². The van der Waals surface area contributed by atoms with Crippen molar-refractivity contribution < 1.29 is 8.42 Å². The van der Waals surface area contributed by atoms with Crippen molar-refractivity contribution in [3.8, 4) is 12.3 Å². The Kier molecular flexibility index (Phi) is 4.05. The van der Waals surface area contributed by atoms with Crippen molar-refractivity contribution in [2.75, 3.05) is 12.3 Å². The van der Waals surface area contributed by atoms with E-state index in [-0.39, 0.29) is 16.9 Å². The Morgan fingerprint density at radius 2 is 2.00 bits per heavy atom. The predicted molar refractivity (Wildman–Crippen MR) is 73.6 cm³/mol. The van der Waals surface area contributed by atoms with Gasteiger partial charge in [-0.15, -0.1) is 6.42 Å². The van der Waals surface area contributed by atoms with Crippen LogP contribution >= 0.6 is 0 Å². The monoisotopic (exact) mass is 266 g/mol. The van der Waals surface area contributed by atoms with E-state index in [2.05, 4.69) is 10.6 Å². The van der Waals surface area contributed by atoms with E-state index in [4.69, 9.17) is 12.2 Å². The highest BCUT2D eigenvalue weighted by Gasteiger charge is 2.20. The standard InChI is InChI=1S/C13H18N2O2S/c1-5-8-15-18(16,17)10-6-7-11(12(14)9-10)13(2,3)4/h1,6-7,9,15H,8,14H2,2-4H3. The van der Waals surface area contributed by atoms with Crippen LogP contribution in [0.4, 0.5) is 5.69 Å². The van der Waals surface area contributed by atoms with Crippen molar-refractivity contribution in [1.82, 2.24) is 4.72 Å². The molecular formula is C13H18N2O2S. The second kappa shape index (κ2) is 5.01. The van der Waals surface area contributed by atoms with E-state index in [0.29, 0.717) is 5.69 Å². The van der Waals surface area contributed by atoms with Gasteiger partial charge in [-0.2, -0.15) is 4.72 Å². The Balaban J connectivity index is 3.17. The third-order valence-electron chi connectivity index (χ3n) is 2.51. The third kappa shape index (κ3) is 3.25. The number of anilines is 1. The number of nitrogens with one attached hydrogen (secondary N) is 1. The van der Waals surface area contributed by atoms with Crippen molar-refractivity contribution in [2.24, 2.45) is 0 Å². The zero-order valence-corrected chi connectivity index (χ0v) is 11.6. The Morgan fingerprint density at radius 3 is 2.44 bits per heavy atom. The molecule has 18 heavy (non-hydrogen) atoms. The van der Waals surface area contributed by atoms with Gasteiger partial charge >= 0.3 is 0 Å². The molecule has 0 aromatic heterocycles. The molecule has 0 spiro atoms. The molecule has 0 aliphatic rings. The zero-order valence-electron chi connectivity index (χ0n) is 10.8. The van der Waals surface area contributed by atoms with E-state index in [1.54, 1.807) is 6.07 Å². The minimum absolute atomic E-state index is 0.0384. The van der Waals surface area contributed by atoms with E-state index in [1.165, 1.54) is 12.1 Å². The van der Waals surface area contributed by atoms with Crippen LogP contribution in [0, 0.1) is 12.3 Å². The van der Waals surface area contributed by atoms with Crippen LogP contribution < -0.4 is 10.5 Å². The van der Waals surface area contributed by atoms with Crippen LogP contribution in [-0.4, -0.2) is 15.0 Å². The minimum Gasteiger partial charge on any atom is -0.398 e. The molecule has 0 aliphatic heterocycles. The summed E-state index contributed by atoms with van der Waals surface area (Å²) >= 11 is 0. The molecule has 0 saturated heterocycles. The molecule has 3 N–H and O–H groups in total. The van der Waals surface area contributed by atoms with Gasteiger partial charge in [0.05, 0.1) is 11.4 Å². The molecule has 0 atom stereocenters. The molecule has 5 heteroatoms. The van der Waals surface area contributed by atoms with E-state index < -0.39 is 10.0 Å². The van der Waals surface area contributed by atoms with Crippen molar-refractivity contribution in [3.63, 3.8) is 0 Å². The SMILES string of the molecule is C#CCNS(=O)(=O)c1ccc(C(C)(C)C)c(N)c1. The van der Waals surface area contributed by atoms with Crippen molar-refractivity contribution in [2.45, 2.75) is 31.1 Å². The van der Waals surface area contributed by atoms with Crippen LogP contribution in [0.25, 0.3) is 0 Å². The number of benzene rings is 1. The zero-order chi connectivity index (χ0) is 14.0. The Bertz CT molecular complexity index is 578.